The maximum Gasteiger partial charge on any atom is 0.133 e. The van der Waals surface area contributed by atoms with Crippen molar-refractivity contribution in [1.82, 2.24) is 0 Å². The fraction of sp³-hybridized carbons (Fsp3) is 0.429. The SMILES string of the molecule is Cc1ccc(C)c(C2=CCCCC2)c1F. The van der Waals surface area contributed by atoms with Crippen LogP contribution in [0.1, 0.15) is 42.4 Å². The molecule has 1 aromatic rings. The minimum atomic E-state index is -0.0249. The quantitative estimate of drug-likeness (QED) is 0.636. The Labute approximate surface area is 90.8 Å². The highest BCUT2D eigenvalue weighted by Crippen LogP contribution is 2.31. The number of benzene rings is 1. The fourth-order valence-corrected chi connectivity index (χ4v) is 2.24. The van der Waals surface area contributed by atoms with E-state index in [0.717, 1.165) is 29.5 Å². The third kappa shape index (κ3) is 1.97. The molecule has 2 rings (SSSR count). The maximum atomic E-state index is 14.0. The van der Waals surface area contributed by atoms with Crippen LogP contribution in [0, 0.1) is 19.7 Å². The average Bonchev–Trinajstić information content (AvgIpc) is 2.26. The van der Waals surface area contributed by atoms with Gasteiger partial charge in [-0.15, -0.1) is 0 Å². The van der Waals surface area contributed by atoms with Gasteiger partial charge in [-0.3, -0.25) is 0 Å². The van der Waals surface area contributed by atoms with E-state index in [1.807, 2.05) is 26.0 Å². The van der Waals surface area contributed by atoms with Gasteiger partial charge in [0.25, 0.3) is 0 Å². The molecule has 0 N–H and O–H groups in total. The minimum Gasteiger partial charge on any atom is -0.206 e. The van der Waals surface area contributed by atoms with Gasteiger partial charge in [0.05, 0.1) is 0 Å². The molecule has 0 atom stereocenters. The Balaban J connectivity index is 2.50. The van der Waals surface area contributed by atoms with Gasteiger partial charge >= 0.3 is 0 Å². The summed E-state index contributed by atoms with van der Waals surface area (Å²) in [6, 6.07) is 3.88. The van der Waals surface area contributed by atoms with Crippen LogP contribution in [0.2, 0.25) is 0 Å². The molecule has 0 bridgehead atoms. The third-order valence-electron chi connectivity index (χ3n) is 3.16. The zero-order valence-electron chi connectivity index (χ0n) is 9.44. The smallest absolute Gasteiger partial charge is 0.133 e. The first-order chi connectivity index (χ1) is 7.20. The van der Waals surface area contributed by atoms with E-state index in [9.17, 15) is 4.39 Å². The molecule has 15 heavy (non-hydrogen) atoms. The molecule has 1 aliphatic rings. The monoisotopic (exact) mass is 204 g/mol. The molecule has 0 unspecified atom stereocenters. The van der Waals surface area contributed by atoms with Crippen LogP contribution in [0.25, 0.3) is 5.57 Å². The van der Waals surface area contributed by atoms with E-state index >= 15 is 0 Å². The summed E-state index contributed by atoms with van der Waals surface area (Å²) in [5, 5.41) is 0. The van der Waals surface area contributed by atoms with Crippen LogP contribution in [0.5, 0.6) is 0 Å². The van der Waals surface area contributed by atoms with Gasteiger partial charge in [0.15, 0.2) is 0 Å². The van der Waals surface area contributed by atoms with Crippen molar-refractivity contribution in [2.24, 2.45) is 0 Å². The molecule has 0 nitrogen and oxygen atoms in total. The molecule has 0 spiro atoms. The van der Waals surface area contributed by atoms with E-state index in [2.05, 4.69) is 6.08 Å². The molecule has 1 aromatic carbocycles. The summed E-state index contributed by atoms with van der Waals surface area (Å²) < 4.78 is 14.0. The van der Waals surface area contributed by atoms with E-state index in [-0.39, 0.29) is 5.82 Å². The normalized spacial score (nSPS) is 16.3. The second-order valence-electron chi connectivity index (χ2n) is 4.36. The summed E-state index contributed by atoms with van der Waals surface area (Å²) >= 11 is 0. The van der Waals surface area contributed by atoms with Crippen LogP contribution in [-0.4, -0.2) is 0 Å². The minimum absolute atomic E-state index is 0.0249. The molecular formula is C14H17F. The van der Waals surface area contributed by atoms with Crippen molar-refractivity contribution in [1.29, 1.82) is 0 Å². The Morgan fingerprint density at radius 1 is 1.07 bits per heavy atom. The Hall–Kier alpha value is -1.11. The Morgan fingerprint density at radius 2 is 1.80 bits per heavy atom. The lowest BCUT2D eigenvalue weighted by atomic mass is 9.90. The summed E-state index contributed by atoms with van der Waals surface area (Å²) in [7, 11) is 0. The van der Waals surface area contributed by atoms with Gasteiger partial charge in [-0.1, -0.05) is 18.2 Å². The van der Waals surface area contributed by atoms with Gasteiger partial charge < -0.3 is 0 Å². The first-order valence-corrected chi connectivity index (χ1v) is 5.65. The summed E-state index contributed by atoms with van der Waals surface area (Å²) in [5.74, 6) is -0.0249. The van der Waals surface area contributed by atoms with Crippen molar-refractivity contribution >= 4 is 5.57 Å². The molecule has 0 heterocycles. The van der Waals surface area contributed by atoms with E-state index in [1.54, 1.807) is 0 Å². The van der Waals surface area contributed by atoms with Crippen molar-refractivity contribution in [3.8, 4) is 0 Å². The molecule has 1 aliphatic carbocycles. The van der Waals surface area contributed by atoms with Gasteiger partial charge in [0, 0.05) is 5.56 Å². The number of hydrogen-bond donors (Lipinski definition) is 0. The summed E-state index contributed by atoms with van der Waals surface area (Å²) in [6.45, 7) is 3.83. The topological polar surface area (TPSA) is 0 Å². The van der Waals surface area contributed by atoms with Crippen LogP contribution in [0.15, 0.2) is 18.2 Å². The Morgan fingerprint density at radius 3 is 2.47 bits per heavy atom. The number of hydrogen-bond acceptors (Lipinski definition) is 0. The van der Waals surface area contributed by atoms with Gasteiger partial charge in [0.2, 0.25) is 0 Å². The van der Waals surface area contributed by atoms with E-state index < -0.39 is 0 Å². The third-order valence-corrected chi connectivity index (χ3v) is 3.16. The molecule has 0 aromatic heterocycles. The Kier molecular flexibility index (Phi) is 2.90. The first kappa shape index (κ1) is 10.4. The molecule has 0 saturated carbocycles. The van der Waals surface area contributed by atoms with E-state index in [0.29, 0.717) is 0 Å². The molecule has 0 saturated heterocycles. The highest BCUT2D eigenvalue weighted by Gasteiger charge is 2.14. The number of aryl methyl sites for hydroxylation is 2. The Bertz CT molecular complexity index is 402. The first-order valence-electron chi connectivity index (χ1n) is 5.65. The van der Waals surface area contributed by atoms with Crippen molar-refractivity contribution in [3.05, 3.63) is 40.7 Å². The second-order valence-corrected chi connectivity index (χ2v) is 4.36. The highest BCUT2D eigenvalue weighted by molar-refractivity contribution is 5.69. The van der Waals surface area contributed by atoms with Crippen molar-refractivity contribution < 1.29 is 4.39 Å². The maximum absolute atomic E-state index is 14.0. The predicted molar refractivity (Wildman–Crippen MR) is 62.3 cm³/mol. The second kappa shape index (κ2) is 4.18. The van der Waals surface area contributed by atoms with Crippen molar-refractivity contribution in [2.75, 3.05) is 0 Å². The zero-order valence-corrected chi connectivity index (χ0v) is 9.44. The number of allylic oxidation sites excluding steroid dienone is 2. The zero-order chi connectivity index (χ0) is 10.8. The molecule has 0 fully saturated rings. The fourth-order valence-electron chi connectivity index (χ4n) is 2.24. The molecule has 0 aliphatic heterocycles. The van der Waals surface area contributed by atoms with Crippen LogP contribution in [-0.2, 0) is 0 Å². The molecule has 0 amide bonds. The van der Waals surface area contributed by atoms with Crippen LogP contribution >= 0.6 is 0 Å². The van der Waals surface area contributed by atoms with Crippen molar-refractivity contribution in [2.45, 2.75) is 39.5 Å². The lowest BCUT2D eigenvalue weighted by molar-refractivity contribution is 0.610. The van der Waals surface area contributed by atoms with Gasteiger partial charge in [-0.2, -0.15) is 0 Å². The lowest BCUT2D eigenvalue weighted by Gasteiger charge is -2.16. The number of rotatable bonds is 1. The average molecular weight is 204 g/mol. The van der Waals surface area contributed by atoms with E-state index in [4.69, 9.17) is 0 Å². The predicted octanol–water partition coefficient (Wildman–Crippen LogP) is 4.40. The molecule has 0 radical (unpaired) electrons. The molecular weight excluding hydrogens is 187 g/mol. The molecule has 80 valence electrons. The number of halogens is 1. The van der Waals surface area contributed by atoms with Crippen LogP contribution < -0.4 is 0 Å². The summed E-state index contributed by atoms with van der Waals surface area (Å²) in [5.41, 5.74) is 3.88. The lowest BCUT2D eigenvalue weighted by Crippen LogP contribution is -1.99. The summed E-state index contributed by atoms with van der Waals surface area (Å²) in [6.07, 6.45) is 6.77. The molecule has 1 heteroatoms. The van der Waals surface area contributed by atoms with E-state index in [1.165, 1.54) is 18.4 Å². The highest BCUT2D eigenvalue weighted by atomic mass is 19.1. The van der Waals surface area contributed by atoms with Crippen LogP contribution in [0.3, 0.4) is 0 Å². The van der Waals surface area contributed by atoms with Gasteiger partial charge in [-0.25, -0.2) is 4.39 Å². The van der Waals surface area contributed by atoms with Crippen LogP contribution in [0.4, 0.5) is 4.39 Å². The van der Waals surface area contributed by atoms with Gasteiger partial charge in [0.1, 0.15) is 5.82 Å². The summed E-state index contributed by atoms with van der Waals surface area (Å²) in [4.78, 5) is 0. The standard InChI is InChI=1S/C14H17F/c1-10-8-9-11(2)14(15)13(10)12-6-4-3-5-7-12/h6,8-9H,3-5,7H2,1-2H3. The van der Waals surface area contributed by atoms with Crippen molar-refractivity contribution in [3.63, 3.8) is 0 Å². The largest absolute Gasteiger partial charge is 0.206 e. The van der Waals surface area contributed by atoms with Gasteiger partial charge in [-0.05, 0) is 56.2 Å².